The second-order valence-corrected chi connectivity index (χ2v) is 0.316. The fourth-order valence-corrected chi connectivity index (χ4v) is 0. The van der Waals surface area contributed by atoms with Crippen LogP contribution in [0, 0.1) is 0 Å². The Bertz CT molecular complexity index is 6.85. The summed E-state index contributed by atoms with van der Waals surface area (Å²) in [4.78, 5) is 0. The number of hydrogen-bond acceptors (Lipinski definition) is 1. The van der Waals surface area contributed by atoms with Gasteiger partial charge in [0.15, 0.2) is 0 Å². The average Bonchev–Trinajstić information content (AvgIpc) is 1.46. The van der Waals surface area contributed by atoms with Crippen molar-refractivity contribution in [1.29, 1.82) is 0 Å². The van der Waals surface area contributed by atoms with Gasteiger partial charge in [-0.1, -0.05) is 0 Å². The molecule has 0 aromatic carbocycles. The van der Waals surface area contributed by atoms with Crippen LogP contribution in [0.5, 0.6) is 0 Å². The normalized spacial score (nSPS) is 5.00. The van der Waals surface area contributed by atoms with E-state index in [9.17, 15) is 0 Å². The van der Waals surface area contributed by atoms with Crippen LogP contribution in [-0.2, 0) is 0 Å². The summed E-state index contributed by atoms with van der Waals surface area (Å²) >= 11 is 1.31. The van der Waals surface area contributed by atoms with Crippen LogP contribution in [0.15, 0.2) is 0 Å². The zero-order valence-corrected chi connectivity index (χ0v) is 6.15. The van der Waals surface area contributed by atoms with Crippen molar-refractivity contribution in [3.8, 4) is 0 Å². The van der Waals surface area contributed by atoms with E-state index < -0.39 is 0 Å². The topological polar surface area (TPSA) is 20.2 Å². The minimum absolute atomic E-state index is 0.250. The molecule has 0 rings (SSSR count). The molecular weight excluding hydrogens is 75.0 g/mol. The Morgan fingerprint density at radius 1 is 1.60 bits per heavy atom. The summed E-state index contributed by atoms with van der Waals surface area (Å²) in [6, 6.07) is 0. The standard InChI is InChI=1S/C2H6O.CH3.Na/c1-2-3;;/h3H,2H2,1H3;1H3;. The van der Waals surface area contributed by atoms with Crippen LogP contribution in [0.2, 0.25) is 4.17 Å². The third-order valence-electron chi connectivity index (χ3n) is 0. The van der Waals surface area contributed by atoms with Gasteiger partial charge in [0.05, 0.1) is 0 Å². The van der Waals surface area contributed by atoms with Gasteiger partial charge in [-0.05, 0) is 6.92 Å². The Kier molecular flexibility index (Phi) is 37.9. The van der Waals surface area contributed by atoms with Gasteiger partial charge >= 0.3 is 32.1 Å². The SMILES string of the molecule is CCO.[CH3][Na]. The fraction of sp³-hybridized carbons (Fsp3) is 1.00. The zero-order chi connectivity index (χ0) is 4.71. The first-order valence-corrected chi connectivity index (χ1v) is 4.02. The van der Waals surface area contributed by atoms with E-state index in [1.807, 2.05) is 0 Å². The number of rotatable bonds is 0. The summed E-state index contributed by atoms with van der Waals surface area (Å²) in [5, 5.41) is 7.57. The summed E-state index contributed by atoms with van der Waals surface area (Å²) in [6.45, 7) is 1.93. The van der Waals surface area contributed by atoms with E-state index in [1.54, 1.807) is 6.92 Å². The molecule has 0 unspecified atom stereocenters. The molecule has 0 aromatic rings. The maximum atomic E-state index is 7.57. The molecule has 0 heterocycles. The molecule has 0 saturated carbocycles. The monoisotopic (exact) mass is 84.1 g/mol. The molecule has 0 atom stereocenters. The predicted molar refractivity (Wildman–Crippen MR) is 24.4 cm³/mol. The summed E-state index contributed by atoms with van der Waals surface area (Å²) in [6.07, 6.45) is 0. The van der Waals surface area contributed by atoms with E-state index in [1.165, 1.54) is 27.9 Å². The van der Waals surface area contributed by atoms with Crippen LogP contribution in [0.3, 0.4) is 0 Å². The number of aliphatic hydroxyl groups is 1. The van der Waals surface area contributed by atoms with Crippen molar-refractivity contribution in [2.45, 2.75) is 11.1 Å². The van der Waals surface area contributed by atoms with E-state index in [0.29, 0.717) is 0 Å². The summed E-state index contributed by atoms with van der Waals surface area (Å²) in [5.74, 6) is 0. The van der Waals surface area contributed by atoms with Gasteiger partial charge in [0.1, 0.15) is 0 Å². The predicted octanol–water partition coefficient (Wildman–Crippen LogP) is 0.202. The first kappa shape index (κ1) is 9.35. The van der Waals surface area contributed by atoms with Gasteiger partial charge in [-0.3, -0.25) is 0 Å². The molecule has 0 bridgehead atoms. The number of hydrogen-bond donors (Lipinski definition) is 1. The fourth-order valence-electron chi connectivity index (χ4n) is 0. The van der Waals surface area contributed by atoms with Crippen molar-refractivity contribution in [3.05, 3.63) is 0 Å². The molecule has 2 heteroatoms. The van der Waals surface area contributed by atoms with Crippen molar-refractivity contribution in [2.24, 2.45) is 0 Å². The summed E-state index contributed by atoms with van der Waals surface area (Å²) in [5.41, 5.74) is 0. The van der Waals surface area contributed by atoms with Crippen molar-refractivity contribution in [2.75, 3.05) is 6.61 Å². The molecular formula is C3H9NaO. The molecule has 0 aliphatic carbocycles. The molecule has 0 aliphatic rings. The van der Waals surface area contributed by atoms with E-state index in [-0.39, 0.29) is 6.61 Å². The second-order valence-electron chi connectivity index (χ2n) is 0.316. The molecule has 0 radical (unpaired) electrons. The van der Waals surface area contributed by atoms with Crippen molar-refractivity contribution >= 4 is 27.9 Å². The van der Waals surface area contributed by atoms with Crippen molar-refractivity contribution in [1.82, 2.24) is 0 Å². The molecule has 0 aromatic heterocycles. The van der Waals surface area contributed by atoms with Gasteiger partial charge in [-0.2, -0.15) is 0 Å². The van der Waals surface area contributed by atoms with Crippen LogP contribution >= 0.6 is 0 Å². The molecule has 0 fully saturated rings. The van der Waals surface area contributed by atoms with Gasteiger partial charge in [-0.15, -0.1) is 0 Å². The molecule has 0 saturated heterocycles. The molecule has 28 valence electrons. The Hall–Kier alpha value is 0.960. The zero-order valence-electron chi connectivity index (χ0n) is 4.15. The third-order valence-corrected chi connectivity index (χ3v) is 0. The third kappa shape index (κ3) is 47.2. The van der Waals surface area contributed by atoms with E-state index in [2.05, 4.69) is 4.17 Å². The summed E-state index contributed by atoms with van der Waals surface area (Å²) in [7, 11) is 0. The Morgan fingerprint density at radius 2 is 1.60 bits per heavy atom. The quantitative estimate of drug-likeness (QED) is 0.416. The van der Waals surface area contributed by atoms with Crippen molar-refractivity contribution < 1.29 is 5.11 Å². The van der Waals surface area contributed by atoms with E-state index >= 15 is 0 Å². The molecule has 0 spiro atoms. The van der Waals surface area contributed by atoms with Crippen molar-refractivity contribution in [3.63, 3.8) is 0 Å². The Labute approximate surface area is 50.8 Å². The van der Waals surface area contributed by atoms with Crippen LogP contribution in [0.1, 0.15) is 6.92 Å². The van der Waals surface area contributed by atoms with Gasteiger partial charge in [-0.25, -0.2) is 0 Å². The van der Waals surface area contributed by atoms with Gasteiger partial charge in [0.2, 0.25) is 0 Å². The minimum atomic E-state index is 0.250. The van der Waals surface area contributed by atoms with Gasteiger partial charge < -0.3 is 5.11 Å². The first-order chi connectivity index (χ1) is 2.41. The van der Waals surface area contributed by atoms with Crippen LogP contribution in [-0.4, -0.2) is 39.6 Å². The number of aliphatic hydroxyl groups excluding tert-OH is 1. The second kappa shape index (κ2) is 20.2. The average molecular weight is 84.1 g/mol. The van der Waals surface area contributed by atoms with Gasteiger partial charge in [0, 0.05) is 6.61 Å². The van der Waals surface area contributed by atoms with E-state index in [4.69, 9.17) is 5.11 Å². The van der Waals surface area contributed by atoms with Gasteiger partial charge in [0.25, 0.3) is 0 Å². The summed E-state index contributed by atoms with van der Waals surface area (Å²) < 4.78 is 2.14. The Balaban J connectivity index is 0. The first-order valence-electron chi connectivity index (χ1n) is 2.02. The molecule has 0 aliphatic heterocycles. The van der Waals surface area contributed by atoms with Crippen LogP contribution < -0.4 is 0 Å². The van der Waals surface area contributed by atoms with Crippen LogP contribution in [0.25, 0.3) is 0 Å². The Morgan fingerprint density at radius 3 is 1.60 bits per heavy atom. The molecule has 1 N–H and O–H groups in total. The molecule has 0 amide bonds. The van der Waals surface area contributed by atoms with Crippen LogP contribution in [0.4, 0.5) is 0 Å². The molecule has 1 nitrogen and oxygen atoms in total. The molecule has 5 heavy (non-hydrogen) atoms. The van der Waals surface area contributed by atoms with E-state index in [0.717, 1.165) is 0 Å². The maximum absolute atomic E-state index is 7.57.